The van der Waals surface area contributed by atoms with Gasteiger partial charge in [-0.1, -0.05) is 52.0 Å². The first-order valence-corrected chi connectivity index (χ1v) is 7.21. The topological polar surface area (TPSA) is 29.1 Å². The highest BCUT2D eigenvalue weighted by molar-refractivity contribution is 5.91. The van der Waals surface area contributed by atoms with Crippen LogP contribution < -0.4 is 5.32 Å². The van der Waals surface area contributed by atoms with Gasteiger partial charge in [-0.2, -0.15) is 0 Å². The van der Waals surface area contributed by atoms with Gasteiger partial charge in [0.2, 0.25) is 0 Å². The van der Waals surface area contributed by atoms with E-state index in [4.69, 9.17) is 0 Å². The quantitative estimate of drug-likeness (QED) is 0.878. The SMILES string of the molecule is CCC1NC(c2ccccc2C)C(=O)C1C(C)(C)C. The summed E-state index contributed by atoms with van der Waals surface area (Å²) in [5.41, 5.74) is 2.35. The normalized spacial score (nSPS) is 27.8. The molecule has 1 aliphatic rings. The maximum Gasteiger partial charge on any atom is 0.159 e. The molecule has 3 unspecified atom stereocenters. The minimum atomic E-state index is -0.129. The van der Waals surface area contributed by atoms with Gasteiger partial charge in [-0.25, -0.2) is 0 Å². The Balaban J connectivity index is 2.36. The zero-order chi connectivity index (χ0) is 14.2. The van der Waals surface area contributed by atoms with Gasteiger partial charge in [0.05, 0.1) is 6.04 Å². The second kappa shape index (κ2) is 5.09. The molecular weight excluding hydrogens is 234 g/mol. The molecule has 0 spiro atoms. The zero-order valence-corrected chi connectivity index (χ0v) is 12.7. The monoisotopic (exact) mass is 259 g/mol. The Labute approximate surface area is 116 Å². The van der Waals surface area contributed by atoms with E-state index in [9.17, 15) is 4.79 Å². The first-order chi connectivity index (χ1) is 8.86. The molecule has 1 fully saturated rings. The number of nitrogens with one attached hydrogen (secondary N) is 1. The van der Waals surface area contributed by atoms with Gasteiger partial charge in [0.1, 0.15) is 0 Å². The summed E-state index contributed by atoms with van der Waals surface area (Å²) in [6.07, 6.45) is 0.996. The Morgan fingerprint density at radius 1 is 1.21 bits per heavy atom. The highest BCUT2D eigenvalue weighted by atomic mass is 16.1. The maximum absolute atomic E-state index is 12.8. The molecule has 2 nitrogen and oxygen atoms in total. The van der Waals surface area contributed by atoms with Crippen LogP contribution in [0.25, 0.3) is 0 Å². The van der Waals surface area contributed by atoms with Crippen molar-refractivity contribution in [2.45, 2.75) is 53.1 Å². The second-order valence-corrected chi connectivity index (χ2v) is 6.72. The predicted molar refractivity (Wildman–Crippen MR) is 79.1 cm³/mol. The lowest BCUT2D eigenvalue weighted by Gasteiger charge is -2.29. The summed E-state index contributed by atoms with van der Waals surface area (Å²) in [6, 6.07) is 8.35. The zero-order valence-electron chi connectivity index (χ0n) is 12.7. The van der Waals surface area contributed by atoms with Gasteiger partial charge in [0, 0.05) is 12.0 Å². The molecule has 104 valence electrons. The second-order valence-electron chi connectivity index (χ2n) is 6.72. The third-order valence-corrected chi connectivity index (χ3v) is 4.25. The molecule has 0 radical (unpaired) electrons. The summed E-state index contributed by atoms with van der Waals surface area (Å²) in [6.45, 7) is 10.7. The average Bonchev–Trinajstić information content (AvgIpc) is 2.66. The summed E-state index contributed by atoms with van der Waals surface area (Å²) in [7, 11) is 0. The molecule has 1 heterocycles. The van der Waals surface area contributed by atoms with Gasteiger partial charge < -0.3 is 5.32 Å². The summed E-state index contributed by atoms with van der Waals surface area (Å²) in [5.74, 6) is 0.454. The molecule has 1 aromatic carbocycles. The van der Waals surface area contributed by atoms with Crippen molar-refractivity contribution in [1.29, 1.82) is 0 Å². The van der Waals surface area contributed by atoms with E-state index in [0.29, 0.717) is 5.78 Å². The van der Waals surface area contributed by atoms with Gasteiger partial charge >= 0.3 is 0 Å². The summed E-state index contributed by atoms with van der Waals surface area (Å²) < 4.78 is 0. The fourth-order valence-electron chi connectivity index (χ4n) is 3.31. The molecule has 1 N–H and O–H groups in total. The molecule has 3 atom stereocenters. The molecule has 0 saturated carbocycles. The largest absolute Gasteiger partial charge is 0.300 e. The Hall–Kier alpha value is -1.15. The molecule has 1 aliphatic heterocycles. The molecule has 0 aromatic heterocycles. The van der Waals surface area contributed by atoms with Crippen LogP contribution in [0.1, 0.15) is 51.3 Å². The lowest BCUT2D eigenvalue weighted by Crippen LogP contribution is -2.35. The molecule has 19 heavy (non-hydrogen) atoms. The summed E-state index contributed by atoms with van der Waals surface area (Å²) in [4.78, 5) is 12.8. The van der Waals surface area contributed by atoms with Crippen LogP contribution in [0.3, 0.4) is 0 Å². The fourth-order valence-corrected chi connectivity index (χ4v) is 3.31. The van der Waals surface area contributed by atoms with Crippen molar-refractivity contribution in [2.24, 2.45) is 11.3 Å². The van der Waals surface area contributed by atoms with Gasteiger partial charge in [-0.05, 0) is 29.9 Å². The number of benzene rings is 1. The van der Waals surface area contributed by atoms with Crippen molar-refractivity contribution in [3.8, 4) is 0 Å². The molecule has 0 bridgehead atoms. The molecule has 2 rings (SSSR count). The van der Waals surface area contributed by atoms with E-state index in [2.05, 4.69) is 52.1 Å². The van der Waals surface area contributed by atoms with Crippen molar-refractivity contribution in [2.75, 3.05) is 0 Å². The molecule has 2 heteroatoms. The van der Waals surface area contributed by atoms with Gasteiger partial charge in [0.25, 0.3) is 0 Å². The predicted octanol–water partition coefficient (Wildman–Crippen LogP) is 3.65. The van der Waals surface area contributed by atoms with Crippen molar-refractivity contribution in [3.05, 3.63) is 35.4 Å². The van der Waals surface area contributed by atoms with Crippen molar-refractivity contribution < 1.29 is 4.79 Å². The Morgan fingerprint density at radius 3 is 2.32 bits per heavy atom. The third kappa shape index (κ3) is 2.59. The minimum Gasteiger partial charge on any atom is -0.300 e. The number of Topliss-reactive ketones (excluding diaryl/α,β-unsaturated/α-hetero) is 1. The number of hydrogen-bond donors (Lipinski definition) is 1. The van der Waals surface area contributed by atoms with Gasteiger partial charge in [0.15, 0.2) is 5.78 Å². The Morgan fingerprint density at radius 2 is 1.84 bits per heavy atom. The van der Waals surface area contributed by atoms with Crippen molar-refractivity contribution in [1.82, 2.24) is 5.32 Å². The average molecular weight is 259 g/mol. The van der Waals surface area contributed by atoms with E-state index in [-0.39, 0.29) is 23.4 Å². The number of aryl methyl sites for hydroxylation is 1. The summed E-state index contributed by atoms with van der Waals surface area (Å²) >= 11 is 0. The summed E-state index contributed by atoms with van der Waals surface area (Å²) in [5, 5.41) is 3.55. The molecule has 1 aromatic rings. The Kier molecular flexibility index (Phi) is 3.82. The van der Waals surface area contributed by atoms with Crippen LogP contribution in [-0.4, -0.2) is 11.8 Å². The number of ketones is 1. The lowest BCUT2D eigenvalue weighted by atomic mass is 9.74. The first-order valence-electron chi connectivity index (χ1n) is 7.21. The van der Waals surface area contributed by atoms with Crippen LogP contribution in [0, 0.1) is 18.3 Å². The van der Waals surface area contributed by atoms with Crippen LogP contribution in [-0.2, 0) is 4.79 Å². The van der Waals surface area contributed by atoms with E-state index in [1.807, 2.05) is 12.1 Å². The van der Waals surface area contributed by atoms with E-state index < -0.39 is 0 Å². The lowest BCUT2D eigenvalue weighted by molar-refractivity contribution is -0.124. The van der Waals surface area contributed by atoms with Crippen LogP contribution in [0.5, 0.6) is 0 Å². The van der Waals surface area contributed by atoms with Crippen LogP contribution >= 0.6 is 0 Å². The van der Waals surface area contributed by atoms with E-state index in [1.54, 1.807) is 0 Å². The highest BCUT2D eigenvalue weighted by Crippen LogP contribution is 2.40. The number of hydrogen-bond acceptors (Lipinski definition) is 2. The van der Waals surface area contributed by atoms with Crippen molar-refractivity contribution >= 4 is 5.78 Å². The molecule has 0 aliphatic carbocycles. The van der Waals surface area contributed by atoms with Crippen LogP contribution in [0.4, 0.5) is 0 Å². The number of carbonyl (C=O) groups is 1. The van der Waals surface area contributed by atoms with E-state index in [0.717, 1.165) is 12.0 Å². The van der Waals surface area contributed by atoms with Gasteiger partial charge in [-0.15, -0.1) is 0 Å². The Bertz CT molecular complexity index is 472. The smallest absolute Gasteiger partial charge is 0.159 e. The highest BCUT2D eigenvalue weighted by Gasteiger charge is 2.47. The minimum absolute atomic E-state index is 0.0161. The first kappa shape index (κ1) is 14.3. The molecule has 0 amide bonds. The van der Waals surface area contributed by atoms with E-state index >= 15 is 0 Å². The van der Waals surface area contributed by atoms with E-state index in [1.165, 1.54) is 5.56 Å². The standard InChI is InChI=1S/C17H25NO/c1-6-13-14(17(3,4)5)16(19)15(18-13)12-10-8-7-9-11(12)2/h7-10,13-15,18H,6H2,1-5H3. The molecular formula is C17H25NO. The van der Waals surface area contributed by atoms with Crippen LogP contribution in [0.15, 0.2) is 24.3 Å². The fraction of sp³-hybridized carbons (Fsp3) is 0.588. The number of rotatable bonds is 2. The maximum atomic E-state index is 12.8. The van der Waals surface area contributed by atoms with Gasteiger partial charge in [-0.3, -0.25) is 4.79 Å². The number of carbonyl (C=O) groups excluding carboxylic acids is 1. The van der Waals surface area contributed by atoms with Crippen molar-refractivity contribution in [3.63, 3.8) is 0 Å². The third-order valence-electron chi connectivity index (χ3n) is 4.25. The van der Waals surface area contributed by atoms with Crippen LogP contribution in [0.2, 0.25) is 0 Å². The molecule has 1 saturated heterocycles.